The number of hydrogen-bond donors (Lipinski definition) is 3. The molecule has 1 atom stereocenters. The van der Waals surface area contributed by atoms with Gasteiger partial charge in [-0.3, -0.25) is 14.4 Å². The molecule has 7 heteroatoms. The van der Waals surface area contributed by atoms with Gasteiger partial charge in [-0.25, -0.2) is 4.79 Å². The lowest BCUT2D eigenvalue weighted by Gasteiger charge is -2.19. The number of unbranched alkanes of at least 4 members (excludes halogenated alkanes) is 11. The molecular formula is C25H45NO6. The Morgan fingerprint density at radius 2 is 1.06 bits per heavy atom. The van der Waals surface area contributed by atoms with Gasteiger partial charge in [0.25, 0.3) is 0 Å². The van der Waals surface area contributed by atoms with E-state index in [1.807, 2.05) is 0 Å². The SMILES string of the molecule is CC(C)(C)C(=O)CC[C@H](NC(=O)CCCCCCCCCCCCCCC(=O)O)C(=O)O. The van der Waals surface area contributed by atoms with Gasteiger partial charge in [-0.15, -0.1) is 0 Å². The van der Waals surface area contributed by atoms with Gasteiger partial charge in [-0.05, 0) is 19.3 Å². The minimum Gasteiger partial charge on any atom is -0.481 e. The number of carboxylic acid groups (broad SMARTS) is 2. The van der Waals surface area contributed by atoms with Crippen LogP contribution in [0.4, 0.5) is 0 Å². The average Bonchev–Trinajstić information content (AvgIpc) is 2.69. The number of amides is 1. The lowest BCUT2D eigenvalue weighted by Crippen LogP contribution is -2.41. The monoisotopic (exact) mass is 455 g/mol. The van der Waals surface area contributed by atoms with Crippen LogP contribution < -0.4 is 5.32 Å². The Bertz CT molecular complexity index is 567. The van der Waals surface area contributed by atoms with Gasteiger partial charge in [0.1, 0.15) is 11.8 Å². The van der Waals surface area contributed by atoms with Crippen molar-refractivity contribution >= 4 is 23.6 Å². The summed E-state index contributed by atoms with van der Waals surface area (Å²) in [6.07, 6.45) is 13.7. The van der Waals surface area contributed by atoms with Crippen molar-refractivity contribution in [1.29, 1.82) is 0 Å². The maximum atomic E-state index is 12.0. The highest BCUT2D eigenvalue weighted by molar-refractivity contribution is 5.86. The Balaban J connectivity index is 3.68. The molecule has 0 aromatic carbocycles. The van der Waals surface area contributed by atoms with Gasteiger partial charge in [0, 0.05) is 24.7 Å². The number of carbonyl (C=O) groups is 4. The van der Waals surface area contributed by atoms with E-state index in [0.717, 1.165) is 44.9 Å². The fraction of sp³-hybridized carbons (Fsp3) is 0.840. The first kappa shape index (κ1) is 30.1. The first-order valence-corrected chi connectivity index (χ1v) is 12.3. The van der Waals surface area contributed by atoms with Crippen LogP contribution in [-0.2, 0) is 19.2 Å². The molecule has 0 radical (unpaired) electrons. The third-order valence-corrected chi connectivity index (χ3v) is 5.67. The van der Waals surface area contributed by atoms with E-state index < -0.39 is 23.4 Å². The molecule has 0 saturated carbocycles. The number of carbonyl (C=O) groups excluding carboxylic acids is 2. The van der Waals surface area contributed by atoms with E-state index in [-0.39, 0.29) is 31.0 Å². The highest BCUT2D eigenvalue weighted by Gasteiger charge is 2.25. The van der Waals surface area contributed by atoms with Crippen LogP contribution in [-0.4, -0.2) is 39.9 Å². The molecule has 3 N–H and O–H groups in total. The van der Waals surface area contributed by atoms with Crippen molar-refractivity contribution in [3.63, 3.8) is 0 Å². The van der Waals surface area contributed by atoms with E-state index in [1.165, 1.54) is 32.1 Å². The number of rotatable bonds is 20. The lowest BCUT2D eigenvalue weighted by molar-refractivity contribution is -0.142. The highest BCUT2D eigenvalue weighted by atomic mass is 16.4. The summed E-state index contributed by atoms with van der Waals surface area (Å²) in [4.78, 5) is 45.8. The van der Waals surface area contributed by atoms with Crippen LogP contribution in [0.2, 0.25) is 0 Å². The Kier molecular flexibility index (Phi) is 16.6. The summed E-state index contributed by atoms with van der Waals surface area (Å²) in [5.41, 5.74) is -0.504. The van der Waals surface area contributed by atoms with Gasteiger partial charge in [0.05, 0.1) is 0 Å². The zero-order valence-electron chi connectivity index (χ0n) is 20.4. The van der Waals surface area contributed by atoms with E-state index in [9.17, 15) is 24.3 Å². The number of ketones is 1. The molecule has 0 saturated heterocycles. The third kappa shape index (κ3) is 17.7. The molecule has 0 fully saturated rings. The molecule has 7 nitrogen and oxygen atoms in total. The van der Waals surface area contributed by atoms with E-state index in [2.05, 4.69) is 5.32 Å². The molecular weight excluding hydrogens is 410 g/mol. The standard InChI is InChI=1S/C25H45NO6/c1-25(2,3)21(27)19-18-20(24(31)32)26-22(28)16-14-12-10-8-6-4-5-7-9-11-13-15-17-23(29)30/h20H,4-19H2,1-3H3,(H,26,28)(H,29,30)(H,31,32)/t20-/m0/s1. The van der Waals surface area contributed by atoms with Crippen LogP contribution in [0.25, 0.3) is 0 Å². The first-order valence-electron chi connectivity index (χ1n) is 12.3. The summed E-state index contributed by atoms with van der Waals surface area (Å²) in [7, 11) is 0. The maximum absolute atomic E-state index is 12.0. The van der Waals surface area contributed by atoms with E-state index in [4.69, 9.17) is 5.11 Å². The molecule has 0 spiro atoms. The van der Waals surface area contributed by atoms with Crippen molar-refractivity contribution in [3.05, 3.63) is 0 Å². The Hall–Kier alpha value is -1.92. The molecule has 186 valence electrons. The van der Waals surface area contributed by atoms with E-state index >= 15 is 0 Å². The van der Waals surface area contributed by atoms with Gasteiger partial charge in [0.15, 0.2) is 0 Å². The number of aliphatic carboxylic acids is 2. The van der Waals surface area contributed by atoms with Crippen LogP contribution in [0, 0.1) is 5.41 Å². The first-order chi connectivity index (χ1) is 15.0. The highest BCUT2D eigenvalue weighted by Crippen LogP contribution is 2.18. The molecule has 0 aliphatic heterocycles. The van der Waals surface area contributed by atoms with Crippen LogP contribution in [0.5, 0.6) is 0 Å². The zero-order chi connectivity index (χ0) is 24.4. The molecule has 0 bridgehead atoms. The van der Waals surface area contributed by atoms with Crippen LogP contribution in [0.15, 0.2) is 0 Å². The molecule has 0 heterocycles. The van der Waals surface area contributed by atoms with Gasteiger partial charge >= 0.3 is 11.9 Å². The molecule has 1 amide bonds. The van der Waals surface area contributed by atoms with Gasteiger partial charge in [-0.1, -0.05) is 85.0 Å². The Morgan fingerprint density at radius 1 is 0.656 bits per heavy atom. The number of nitrogens with one attached hydrogen (secondary N) is 1. The quantitative estimate of drug-likeness (QED) is 0.209. The molecule has 0 unspecified atom stereocenters. The summed E-state index contributed by atoms with van der Waals surface area (Å²) in [6.45, 7) is 5.41. The third-order valence-electron chi connectivity index (χ3n) is 5.67. The van der Waals surface area contributed by atoms with Crippen molar-refractivity contribution in [2.75, 3.05) is 0 Å². The Morgan fingerprint density at radius 3 is 1.44 bits per heavy atom. The second-order valence-corrected chi connectivity index (χ2v) is 9.81. The van der Waals surface area contributed by atoms with Gasteiger partial charge in [0.2, 0.25) is 5.91 Å². The second-order valence-electron chi connectivity index (χ2n) is 9.81. The molecule has 0 aliphatic carbocycles. The van der Waals surface area contributed by atoms with Crippen molar-refractivity contribution in [1.82, 2.24) is 5.32 Å². The normalized spacial score (nSPS) is 12.3. The molecule has 32 heavy (non-hydrogen) atoms. The predicted molar refractivity (Wildman–Crippen MR) is 126 cm³/mol. The van der Waals surface area contributed by atoms with Gasteiger partial charge in [-0.2, -0.15) is 0 Å². The summed E-state index contributed by atoms with van der Waals surface area (Å²) in [5, 5.41) is 20.4. The lowest BCUT2D eigenvalue weighted by atomic mass is 9.87. The largest absolute Gasteiger partial charge is 0.481 e. The number of carboxylic acids is 2. The summed E-state index contributed by atoms with van der Waals surface area (Å²) >= 11 is 0. The minimum atomic E-state index is -1.10. The van der Waals surface area contributed by atoms with Crippen LogP contribution in [0.1, 0.15) is 124 Å². The molecule has 0 aliphatic rings. The van der Waals surface area contributed by atoms with E-state index in [1.54, 1.807) is 20.8 Å². The predicted octanol–water partition coefficient (Wildman–Crippen LogP) is 5.50. The maximum Gasteiger partial charge on any atom is 0.326 e. The topological polar surface area (TPSA) is 121 Å². The zero-order valence-corrected chi connectivity index (χ0v) is 20.4. The van der Waals surface area contributed by atoms with Crippen molar-refractivity contribution in [3.8, 4) is 0 Å². The molecule has 0 aromatic heterocycles. The van der Waals surface area contributed by atoms with Crippen LogP contribution in [0.3, 0.4) is 0 Å². The number of hydrogen-bond acceptors (Lipinski definition) is 4. The minimum absolute atomic E-state index is 0.00580. The van der Waals surface area contributed by atoms with Crippen LogP contribution >= 0.6 is 0 Å². The summed E-state index contributed by atoms with van der Waals surface area (Å²) in [6, 6.07) is -1.01. The molecule has 0 rings (SSSR count). The fourth-order valence-electron chi connectivity index (χ4n) is 3.50. The number of Topliss-reactive ketones (excluding diaryl/α,β-unsaturated/α-hetero) is 1. The smallest absolute Gasteiger partial charge is 0.326 e. The van der Waals surface area contributed by atoms with Gasteiger partial charge < -0.3 is 15.5 Å². The second kappa shape index (κ2) is 17.6. The molecule has 0 aromatic rings. The summed E-state index contributed by atoms with van der Waals surface area (Å²) in [5.74, 6) is -2.07. The van der Waals surface area contributed by atoms with Crippen molar-refractivity contribution in [2.24, 2.45) is 5.41 Å². The summed E-state index contributed by atoms with van der Waals surface area (Å²) < 4.78 is 0. The Labute approximate surface area is 193 Å². The fourth-order valence-corrected chi connectivity index (χ4v) is 3.50. The van der Waals surface area contributed by atoms with Crippen molar-refractivity contribution in [2.45, 2.75) is 130 Å². The van der Waals surface area contributed by atoms with Crippen molar-refractivity contribution < 1.29 is 29.4 Å². The van der Waals surface area contributed by atoms with E-state index in [0.29, 0.717) is 6.42 Å². The average molecular weight is 456 g/mol.